The predicted molar refractivity (Wildman–Crippen MR) is 156 cm³/mol. The van der Waals surface area contributed by atoms with Crippen LogP contribution in [0.25, 0.3) is 10.2 Å². The number of alkyl carbamates (subject to hydrolysis) is 1. The van der Waals surface area contributed by atoms with Crippen LogP contribution in [0, 0.1) is 0 Å². The number of hydrogen-bond acceptors (Lipinski definition) is 8. The van der Waals surface area contributed by atoms with Gasteiger partial charge in [0.05, 0.1) is 16.8 Å². The number of carbonyl (C=O) groups excluding carboxylic acids is 1. The van der Waals surface area contributed by atoms with Gasteiger partial charge in [0.25, 0.3) is 0 Å². The maximum Gasteiger partial charge on any atom is 0.408 e. The minimum absolute atomic E-state index is 0.0696. The highest BCUT2D eigenvalue weighted by molar-refractivity contribution is 7.16. The number of nitrogens with zero attached hydrogens (tertiary/aromatic N) is 2. The SMILES string of the molecule is CC(C)(C)OC(=O)NC(Cc1ccc(OCCn2c(=O)sc3cc(C(=NO)c4ccccc4)ccc32)cc1)C(=O)O. The summed E-state index contributed by atoms with van der Waals surface area (Å²) in [4.78, 5) is 36.2. The van der Waals surface area contributed by atoms with Crippen LogP contribution in [0.15, 0.2) is 82.7 Å². The Kier molecular flexibility index (Phi) is 9.08. The van der Waals surface area contributed by atoms with Gasteiger partial charge in [-0.2, -0.15) is 0 Å². The van der Waals surface area contributed by atoms with E-state index in [1.807, 2.05) is 48.5 Å². The molecule has 4 rings (SSSR count). The van der Waals surface area contributed by atoms with Crippen LogP contribution >= 0.6 is 11.3 Å². The van der Waals surface area contributed by atoms with Crippen molar-refractivity contribution in [2.75, 3.05) is 6.61 Å². The van der Waals surface area contributed by atoms with E-state index in [2.05, 4.69) is 10.5 Å². The zero-order valence-electron chi connectivity index (χ0n) is 22.9. The third-order valence-corrected chi connectivity index (χ3v) is 6.97. The molecule has 1 heterocycles. The van der Waals surface area contributed by atoms with E-state index in [0.717, 1.165) is 27.1 Å². The van der Waals surface area contributed by atoms with E-state index in [-0.39, 0.29) is 17.9 Å². The van der Waals surface area contributed by atoms with Crippen LogP contribution in [0.1, 0.15) is 37.5 Å². The second kappa shape index (κ2) is 12.7. The lowest BCUT2D eigenvalue weighted by Crippen LogP contribution is -2.44. The molecule has 1 aromatic heterocycles. The maximum absolute atomic E-state index is 12.7. The lowest BCUT2D eigenvalue weighted by Gasteiger charge is -2.22. The van der Waals surface area contributed by atoms with Crippen LogP contribution in [-0.2, 0) is 22.5 Å². The van der Waals surface area contributed by atoms with Gasteiger partial charge < -0.3 is 25.1 Å². The van der Waals surface area contributed by atoms with E-state index in [1.165, 1.54) is 0 Å². The maximum atomic E-state index is 12.7. The van der Waals surface area contributed by atoms with Crippen LogP contribution in [0.2, 0.25) is 0 Å². The van der Waals surface area contributed by atoms with Gasteiger partial charge in [-0.15, -0.1) is 0 Å². The van der Waals surface area contributed by atoms with Crippen molar-refractivity contribution < 1.29 is 29.4 Å². The average Bonchev–Trinajstić information content (AvgIpc) is 3.23. The molecule has 1 amide bonds. The summed E-state index contributed by atoms with van der Waals surface area (Å²) in [5.74, 6) is -0.612. The topological polar surface area (TPSA) is 139 Å². The molecule has 0 aliphatic rings. The highest BCUT2D eigenvalue weighted by Crippen LogP contribution is 2.22. The molecule has 3 N–H and O–H groups in total. The van der Waals surface area contributed by atoms with Crippen molar-refractivity contribution in [3.8, 4) is 5.75 Å². The third kappa shape index (κ3) is 7.73. The molecule has 0 aliphatic heterocycles. The largest absolute Gasteiger partial charge is 0.492 e. The Labute approximate surface area is 240 Å². The number of carbonyl (C=O) groups is 2. The number of nitrogens with one attached hydrogen (secondary N) is 1. The molecule has 4 aromatic rings. The Morgan fingerprint density at radius 1 is 1.02 bits per heavy atom. The molecule has 11 heteroatoms. The zero-order valence-corrected chi connectivity index (χ0v) is 23.7. The fraction of sp³-hybridized carbons (Fsp3) is 0.267. The molecule has 1 atom stereocenters. The van der Waals surface area contributed by atoms with Crippen molar-refractivity contribution in [2.45, 2.75) is 45.4 Å². The highest BCUT2D eigenvalue weighted by atomic mass is 32.1. The molecule has 0 saturated heterocycles. The Balaban J connectivity index is 1.37. The van der Waals surface area contributed by atoms with Crippen molar-refractivity contribution >= 4 is 39.3 Å². The molecule has 0 aliphatic carbocycles. The number of carboxylic acids is 1. The van der Waals surface area contributed by atoms with Crippen LogP contribution in [0.4, 0.5) is 4.79 Å². The third-order valence-electron chi connectivity index (χ3n) is 6.02. The number of thiazole rings is 1. The minimum Gasteiger partial charge on any atom is -0.492 e. The Bertz CT molecular complexity index is 1600. The molecule has 3 aromatic carbocycles. The second-order valence-corrected chi connectivity index (χ2v) is 11.2. The molecule has 214 valence electrons. The summed E-state index contributed by atoms with van der Waals surface area (Å²) in [5.41, 5.74) is 2.58. The summed E-state index contributed by atoms with van der Waals surface area (Å²) in [7, 11) is 0. The lowest BCUT2D eigenvalue weighted by molar-refractivity contribution is -0.139. The van der Waals surface area contributed by atoms with Crippen LogP contribution < -0.4 is 14.9 Å². The van der Waals surface area contributed by atoms with Gasteiger partial charge in [0.15, 0.2) is 0 Å². The van der Waals surface area contributed by atoms with E-state index in [9.17, 15) is 24.7 Å². The van der Waals surface area contributed by atoms with Gasteiger partial charge in [0.1, 0.15) is 29.7 Å². The second-order valence-electron chi connectivity index (χ2n) is 10.3. The van der Waals surface area contributed by atoms with Gasteiger partial charge in [0, 0.05) is 17.5 Å². The number of ether oxygens (including phenoxy) is 2. The van der Waals surface area contributed by atoms with Crippen molar-refractivity contribution in [1.82, 2.24) is 9.88 Å². The Morgan fingerprint density at radius 3 is 2.37 bits per heavy atom. The lowest BCUT2D eigenvalue weighted by atomic mass is 10.0. The molecule has 1 unspecified atom stereocenters. The number of amides is 1. The van der Waals surface area contributed by atoms with E-state index >= 15 is 0 Å². The van der Waals surface area contributed by atoms with Crippen LogP contribution in [0.3, 0.4) is 0 Å². The van der Waals surface area contributed by atoms with E-state index in [4.69, 9.17) is 9.47 Å². The molecule has 10 nitrogen and oxygen atoms in total. The smallest absolute Gasteiger partial charge is 0.408 e. The van der Waals surface area contributed by atoms with Gasteiger partial charge in [-0.1, -0.05) is 65.0 Å². The normalized spacial score (nSPS) is 12.6. The standard InChI is InChI=1S/C30H31N3O7S/c1-30(2,3)40-28(36)31-23(27(34)35)17-19-9-12-22(13-10-19)39-16-15-33-24-14-11-21(18-25(24)41-29(33)37)26(32-38)20-7-5-4-6-8-20/h4-14,18,23,38H,15-17H2,1-3H3,(H,31,36)(H,34,35). The summed E-state index contributed by atoms with van der Waals surface area (Å²) in [6, 6.07) is 20.5. The van der Waals surface area contributed by atoms with Crippen molar-refractivity contribution in [1.29, 1.82) is 0 Å². The number of aliphatic carboxylic acids is 1. The molecule has 0 radical (unpaired) electrons. The molecule has 41 heavy (non-hydrogen) atoms. The quantitative estimate of drug-likeness (QED) is 0.139. The van der Waals surface area contributed by atoms with Crippen molar-refractivity contribution in [2.24, 2.45) is 5.16 Å². The fourth-order valence-electron chi connectivity index (χ4n) is 4.17. The molecule has 0 bridgehead atoms. The zero-order chi connectivity index (χ0) is 29.6. The van der Waals surface area contributed by atoms with E-state index in [0.29, 0.717) is 29.1 Å². The fourth-order valence-corrected chi connectivity index (χ4v) is 5.12. The molecule has 0 spiro atoms. The Hall–Kier alpha value is -4.64. The Morgan fingerprint density at radius 2 is 1.73 bits per heavy atom. The number of aromatic nitrogens is 1. The highest BCUT2D eigenvalue weighted by Gasteiger charge is 2.24. The number of hydrogen-bond donors (Lipinski definition) is 3. The van der Waals surface area contributed by atoms with Crippen molar-refractivity contribution in [3.05, 3.63) is 99.2 Å². The average molecular weight is 578 g/mol. The van der Waals surface area contributed by atoms with Crippen LogP contribution in [0.5, 0.6) is 5.75 Å². The van der Waals surface area contributed by atoms with Gasteiger partial charge in [-0.25, -0.2) is 9.59 Å². The summed E-state index contributed by atoms with van der Waals surface area (Å²) >= 11 is 1.11. The van der Waals surface area contributed by atoms with E-state index in [1.54, 1.807) is 49.6 Å². The monoisotopic (exact) mass is 577 g/mol. The minimum atomic E-state index is -1.17. The first kappa shape index (κ1) is 29.3. The predicted octanol–water partition coefficient (Wildman–Crippen LogP) is 4.89. The summed E-state index contributed by atoms with van der Waals surface area (Å²) in [5, 5.41) is 25.0. The van der Waals surface area contributed by atoms with E-state index < -0.39 is 23.7 Å². The van der Waals surface area contributed by atoms with Gasteiger partial charge in [-0.3, -0.25) is 9.36 Å². The molecular weight excluding hydrogens is 546 g/mol. The summed E-state index contributed by atoms with van der Waals surface area (Å²) in [6.45, 7) is 5.65. The number of carboxylic acid groups (broad SMARTS) is 1. The summed E-state index contributed by atoms with van der Waals surface area (Å²) in [6.07, 6.45) is -0.726. The molecular formula is C30H31N3O7S. The van der Waals surface area contributed by atoms with Crippen molar-refractivity contribution in [3.63, 3.8) is 0 Å². The first-order chi connectivity index (χ1) is 19.5. The first-order valence-corrected chi connectivity index (χ1v) is 13.7. The summed E-state index contributed by atoms with van der Waals surface area (Å²) < 4.78 is 13.4. The number of rotatable bonds is 10. The molecule has 0 fully saturated rings. The number of oxime groups is 1. The number of fused-ring (bicyclic) bond motifs is 1. The number of benzene rings is 3. The van der Waals surface area contributed by atoms with Crippen LogP contribution in [-0.4, -0.2) is 50.9 Å². The first-order valence-electron chi connectivity index (χ1n) is 12.9. The molecule has 0 saturated carbocycles. The van der Waals surface area contributed by atoms with Gasteiger partial charge in [0.2, 0.25) is 0 Å². The van der Waals surface area contributed by atoms with Gasteiger partial charge >= 0.3 is 16.9 Å². The van der Waals surface area contributed by atoms with Gasteiger partial charge in [-0.05, 0) is 50.6 Å².